The maximum atomic E-state index is 12.6. The Hall–Kier alpha value is -1.98. The summed E-state index contributed by atoms with van der Waals surface area (Å²) in [6.07, 6.45) is -2.79. The zero-order valence-corrected chi connectivity index (χ0v) is 8.45. The van der Waals surface area contributed by atoms with Gasteiger partial charge in [0.2, 0.25) is 5.82 Å². The van der Waals surface area contributed by atoms with E-state index in [-0.39, 0.29) is 0 Å². The van der Waals surface area contributed by atoms with Gasteiger partial charge in [0.25, 0.3) is 6.43 Å². The van der Waals surface area contributed by atoms with E-state index in [2.05, 4.69) is 5.10 Å². The maximum absolute atomic E-state index is 12.6. The zero-order chi connectivity index (χ0) is 11.7. The molecule has 0 unspecified atom stereocenters. The third-order valence-electron chi connectivity index (χ3n) is 2.25. The van der Waals surface area contributed by atoms with E-state index in [1.165, 1.54) is 0 Å². The van der Waals surface area contributed by atoms with E-state index < -0.39 is 17.9 Å². The number of halogens is 2. The first kappa shape index (κ1) is 10.5. The highest BCUT2D eigenvalue weighted by molar-refractivity contribution is 5.40. The lowest BCUT2D eigenvalue weighted by molar-refractivity contribution is 0.138. The highest BCUT2D eigenvalue weighted by atomic mass is 19.3. The smallest absolute Gasteiger partial charge is 0.246 e. The highest BCUT2D eigenvalue weighted by Crippen LogP contribution is 2.19. The van der Waals surface area contributed by atoms with Gasteiger partial charge in [-0.15, -0.1) is 0 Å². The lowest BCUT2D eigenvalue weighted by atomic mass is 10.2. The van der Waals surface area contributed by atoms with Crippen LogP contribution in [0.15, 0.2) is 29.1 Å². The summed E-state index contributed by atoms with van der Waals surface area (Å²) >= 11 is 0. The Labute approximate surface area is 89.5 Å². The van der Waals surface area contributed by atoms with Crippen molar-refractivity contribution >= 4 is 0 Å². The van der Waals surface area contributed by atoms with Gasteiger partial charge in [-0.1, -0.05) is 18.2 Å². The number of nitrogens with one attached hydrogen (secondary N) is 1. The van der Waals surface area contributed by atoms with E-state index in [1.807, 2.05) is 5.10 Å². The molecular weight excluding hydrogens is 216 g/mol. The molecule has 0 radical (unpaired) electrons. The molecule has 0 amide bonds. The minimum Gasteiger partial charge on any atom is -0.246 e. The minimum absolute atomic E-state index is 0.413. The van der Waals surface area contributed by atoms with Crippen molar-refractivity contribution in [1.82, 2.24) is 14.8 Å². The molecule has 0 aliphatic heterocycles. The van der Waals surface area contributed by atoms with Crippen molar-refractivity contribution in [2.75, 3.05) is 0 Å². The molecule has 2 aromatic rings. The van der Waals surface area contributed by atoms with Gasteiger partial charge in [0.1, 0.15) is 0 Å². The first-order valence-corrected chi connectivity index (χ1v) is 4.62. The molecular formula is C10H9F2N3O. The van der Waals surface area contributed by atoms with Crippen molar-refractivity contribution in [2.45, 2.75) is 13.3 Å². The molecule has 16 heavy (non-hydrogen) atoms. The number of H-pyrrole nitrogens is 1. The number of para-hydroxylation sites is 1. The standard InChI is InChI=1S/C10H9F2N3O/c1-6-4-2-3-5-7(6)15-9(8(11)12)13-14-10(15)16/h2-5,8H,1H3,(H,14,16). The van der Waals surface area contributed by atoms with Crippen molar-refractivity contribution in [3.8, 4) is 5.69 Å². The fraction of sp³-hybridized carbons (Fsp3) is 0.200. The Bertz CT molecular complexity index is 559. The molecule has 0 aliphatic rings. The van der Waals surface area contributed by atoms with Crippen molar-refractivity contribution in [3.05, 3.63) is 46.1 Å². The number of aryl methyl sites for hydroxylation is 1. The quantitative estimate of drug-likeness (QED) is 0.847. The van der Waals surface area contributed by atoms with Gasteiger partial charge in [-0.2, -0.15) is 5.10 Å². The Balaban J connectivity index is 2.69. The molecule has 0 spiro atoms. The molecule has 6 heteroatoms. The predicted molar refractivity (Wildman–Crippen MR) is 53.9 cm³/mol. The Morgan fingerprint density at radius 1 is 1.38 bits per heavy atom. The van der Waals surface area contributed by atoms with Crippen LogP contribution in [0.2, 0.25) is 0 Å². The zero-order valence-electron chi connectivity index (χ0n) is 8.45. The fourth-order valence-electron chi connectivity index (χ4n) is 1.50. The lowest BCUT2D eigenvalue weighted by Gasteiger charge is -2.07. The summed E-state index contributed by atoms with van der Waals surface area (Å²) in [5.74, 6) is -0.570. The largest absolute Gasteiger partial charge is 0.348 e. The van der Waals surface area contributed by atoms with Crippen LogP contribution in [0.1, 0.15) is 17.8 Å². The number of hydrogen-bond donors (Lipinski definition) is 1. The Kier molecular flexibility index (Phi) is 2.55. The summed E-state index contributed by atoms with van der Waals surface area (Å²) in [6.45, 7) is 1.74. The minimum atomic E-state index is -2.79. The summed E-state index contributed by atoms with van der Waals surface area (Å²) in [7, 11) is 0. The SMILES string of the molecule is Cc1ccccc1-n1c(C(F)F)n[nH]c1=O. The van der Waals surface area contributed by atoms with E-state index in [1.54, 1.807) is 31.2 Å². The number of aromatic amines is 1. The highest BCUT2D eigenvalue weighted by Gasteiger charge is 2.19. The van der Waals surface area contributed by atoms with E-state index in [0.717, 1.165) is 10.1 Å². The van der Waals surface area contributed by atoms with Gasteiger partial charge in [0.15, 0.2) is 0 Å². The second-order valence-corrected chi connectivity index (χ2v) is 3.31. The van der Waals surface area contributed by atoms with Gasteiger partial charge in [0.05, 0.1) is 5.69 Å². The van der Waals surface area contributed by atoms with Crippen LogP contribution in [-0.4, -0.2) is 14.8 Å². The third kappa shape index (κ3) is 1.62. The molecule has 0 saturated carbocycles. The summed E-state index contributed by atoms with van der Waals surface area (Å²) in [4.78, 5) is 11.4. The van der Waals surface area contributed by atoms with Crippen LogP contribution in [0.5, 0.6) is 0 Å². The molecule has 0 aliphatic carbocycles. The molecule has 0 saturated heterocycles. The monoisotopic (exact) mass is 225 g/mol. The summed E-state index contributed by atoms with van der Waals surface area (Å²) in [5, 5.41) is 5.33. The molecule has 0 atom stereocenters. The molecule has 2 rings (SSSR count). The molecule has 84 valence electrons. The molecule has 1 N–H and O–H groups in total. The van der Waals surface area contributed by atoms with Gasteiger partial charge >= 0.3 is 5.69 Å². The average Bonchev–Trinajstić information content (AvgIpc) is 2.61. The van der Waals surface area contributed by atoms with Crippen LogP contribution < -0.4 is 5.69 Å². The molecule has 0 bridgehead atoms. The van der Waals surface area contributed by atoms with Gasteiger partial charge in [0, 0.05) is 0 Å². The second-order valence-electron chi connectivity index (χ2n) is 3.31. The number of aromatic nitrogens is 3. The van der Waals surface area contributed by atoms with Crippen molar-refractivity contribution in [2.24, 2.45) is 0 Å². The van der Waals surface area contributed by atoms with Crippen LogP contribution in [0.25, 0.3) is 5.69 Å². The van der Waals surface area contributed by atoms with E-state index in [9.17, 15) is 13.6 Å². The molecule has 4 nitrogen and oxygen atoms in total. The van der Waals surface area contributed by atoms with E-state index in [4.69, 9.17) is 0 Å². The van der Waals surface area contributed by atoms with Gasteiger partial charge < -0.3 is 0 Å². The van der Waals surface area contributed by atoms with E-state index >= 15 is 0 Å². The van der Waals surface area contributed by atoms with Crippen LogP contribution in [0.4, 0.5) is 8.78 Å². The van der Waals surface area contributed by atoms with Crippen LogP contribution in [0, 0.1) is 6.92 Å². The Morgan fingerprint density at radius 3 is 2.69 bits per heavy atom. The first-order valence-electron chi connectivity index (χ1n) is 4.62. The molecule has 1 aromatic heterocycles. The number of benzene rings is 1. The maximum Gasteiger partial charge on any atom is 0.348 e. The van der Waals surface area contributed by atoms with Crippen molar-refractivity contribution in [1.29, 1.82) is 0 Å². The van der Waals surface area contributed by atoms with E-state index in [0.29, 0.717) is 5.69 Å². The molecule has 0 fully saturated rings. The molecule has 1 aromatic carbocycles. The summed E-state index contributed by atoms with van der Waals surface area (Å²) in [5.41, 5.74) is 0.481. The number of alkyl halides is 2. The number of rotatable bonds is 2. The first-order chi connectivity index (χ1) is 7.61. The number of nitrogens with zero attached hydrogens (tertiary/aromatic N) is 2. The van der Waals surface area contributed by atoms with Gasteiger partial charge in [-0.25, -0.2) is 23.2 Å². The summed E-state index contributed by atoms with van der Waals surface area (Å²) < 4.78 is 26.1. The number of hydrogen-bond acceptors (Lipinski definition) is 2. The van der Waals surface area contributed by atoms with Crippen LogP contribution >= 0.6 is 0 Å². The van der Waals surface area contributed by atoms with Crippen molar-refractivity contribution in [3.63, 3.8) is 0 Å². The van der Waals surface area contributed by atoms with Gasteiger partial charge in [-0.05, 0) is 18.6 Å². The topological polar surface area (TPSA) is 50.7 Å². The average molecular weight is 225 g/mol. The summed E-state index contributed by atoms with van der Waals surface area (Å²) in [6, 6.07) is 6.78. The molecule has 1 heterocycles. The van der Waals surface area contributed by atoms with Gasteiger partial charge in [-0.3, -0.25) is 0 Å². The predicted octanol–water partition coefficient (Wildman–Crippen LogP) is 1.81. The lowest BCUT2D eigenvalue weighted by Crippen LogP contribution is -2.18. The van der Waals surface area contributed by atoms with Crippen LogP contribution in [-0.2, 0) is 0 Å². The third-order valence-corrected chi connectivity index (χ3v) is 2.25. The van der Waals surface area contributed by atoms with Crippen LogP contribution in [0.3, 0.4) is 0 Å². The normalized spacial score (nSPS) is 11.0. The fourth-order valence-corrected chi connectivity index (χ4v) is 1.50. The second kappa shape index (κ2) is 3.88. The van der Waals surface area contributed by atoms with Crippen molar-refractivity contribution < 1.29 is 8.78 Å². The Morgan fingerprint density at radius 2 is 2.06 bits per heavy atom.